The van der Waals surface area contributed by atoms with Gasteiger partial charge in [0.25, 0.3) is 0 Å². The molecule has 1 aliphatic carbocycles. The second-order valence-electron chi connectivity index (χ2n) is 4.62. The van der Waals surface area contributed by atoms with E-state index in [1.165, 1.54) is 0 Å². The van der Waals surface area contributed by atoms with Gasteiger partial charge >= 0.3 is 0 Å². The van der Waals surface area contributed by atoms with Crippen LogP contribution in [0.4, 0.5) is 4.39 Å². The number of halogens is 2. The lowest BCUT2D eigenvalue weighted by atomic mass is 9.64. The Bertz CT molecular complexity index is 469. The molecular weight excluding hydrogens is 289 g/mol. The van der Waals surface area contributed by atoms with Crippen LogP contribution in [0.25, 0.3) is 0 Å². The molecule has 0 bridgehead atoms. The largest absolute Gasteiger partial charge is 0.454 e. The monoisotopic (exact) mass is 301 g/mol. The molecule has 1 saturated carbocycles. The molecule has 17 heavy (non-hydrogen) atoms. The number of fused-ring (bicyclic) bond motifs is 1. The Balaban J connectivity index is 2.21. The van der Waals surface area contributed by atoms with Crippen LogP contribution in [0.2, 0.25) is 0 Å². The highest BCUT2D eigenvalue weighted by molar-refractivity contribution is 9.10. The molecule has 2 aliphatic rings. The van der Waals surface area contributed by atoms with E-state index in [4.69, 9.17) is 15.2 Å². The molecule has 3 nitrogen and oxygen atoms in total. The van der Waals surface area contributed by atoms with Crippen LogP contribution in [0.5, 0.6) is 11.5 Å². The first kappa shape index (κ1) is 11.3. The van der Waals surface area contributed by atoms with Crippen LogP contribution in [0, 0.1) is 5.82 Å². The van der Waals surface area contributed by atoms with Gasteiger partial charge in [0.15, 0.2) is 11.5 Å². The predicted molar refractivity (Wildman–Crippen MR) is 64.8 cm³/mol. The van der Waals surface area contributed by atoms with Gasteiger partial charge in [-0.25, -0.2) is 4.39 Å². The summed E-state index contributed by atoms with van der Waals surface area (Å²) >= 11 is 3.22. The van der Waals surface area contributed by atoms with Crippen LogP contribution in [0.15, 0.2) is 10.5 Å². The molecule has 3 rings (SSSR count). The van der Waals surface area contributed by atoms with Crippen LogP contribution < -0.4 is 15.2 Å². The van der Waals surface area contributed by atoms with Crippen molar-refractivity contribution in [2.24, 2.45) is 5.73 Å². The molecule has 0 radical (unpaired) electrons. The van der Waals surface area contributed by atoms with Gasteiger partial charge in [-0.05, 0) is 28.8 Å². The molecule has 0 atom stereocenters. The molecule has 92 valence electrons. The van der Waals surface area contributed by atoms with Gasteiger partial charge in [-0.1, -0.05) is 6.42 Å². The van der Waals surface area contributed by atoms with Crippen molar-refractivity contribution in [1.29, 1.82) is 0 Å². The molecule has 0 saturated heterocycles. The summed E-state index contributed by atoms with van der Waals surface area (Å²) in [5.74, 6) is 0.878. The third-order valence-corrected chi connectivity index (χ3v) is 4.36. The molecule has 5 heteroatoms. The lowest BCUT2D eigenvalue weighted by molar-refractivity contribution is 0.167. The third kappa shape index (κ3) is 1.48. The molecule has 0 spiro atoms. The number of ether oxygens (including phenoxy) is 2. The summed E-state index contributed by atoms with van der Waals surface area (Å²) in [5, 5.41) is 0. The van der Waals surface area contributed by atoms with E-state index in [0.717, 1.165) is 19.3 Å². The number of nitrogens with two attached hydrogens (primary N) is 1. The lowest BCUT2D eigenvalue weighted by Gasteiger charge is -2.42. The Labute approximate surface area is 107 Å². The van der Waals surface area contributed by atoms with E-state index in [2.05, 4.69) is 15.9 Å². The van der Waals surface area contributed by atoms with E-state index < -0.39 is 0 Å². The molecule has 1 aromatic rings. The maximum atomic E-state index is 14.3. The first-order chi connectivity index (χ1) is 8.18. The summed E-state index contributed by atoms with van der Waals surface area (Å²) in [5.41, 5.74) is 6.15. The fourth-order valence-corrected chi connectivity index (χ4v) is 3.03. The van der Waals surface area contributed by atoms with Crippen LogP contribution >= 0.6 is 15.9 Å². The topological polar surface area (TPSA) is 44.5 Å². The average Bonchev–Trinajstić information content (AvgIpc) is 2.69. The van der Waals surface area contributed by atoms with Gasteiger partial charge in [0.05, 0.1) is 4.47 Å². The molecule has 2 N–H and O–H groups in total. The van der Waals surface area contributed by atoms with Crippen molar-refractivity contribution in [3.05, 3.63) is 21.9 Å². The summed E-state index contributed by atoms with van der Waals surface area (Å²) < 4.78 is 25.5. The minimum atomic E-state index is -0.272. The molecule has 1 heterocycles. The zero-order chi connectivity index (χ0) is 12.0. The molecule has 1 aromatic carbocycles. The van der Waals surface area contributed by atoms with Crippen LogP contribution in [0.3, 0.4) is 0 Å². The summed E-state index contributed by atoms with van der Waals surface area (Å²) in [6, 6.07) is 1.62. The van der Waals surface area contributed by atoms with Crippen molar-refractivity contribution < 1.29 is 13.9 Å². The van der Waals surface area contributed by atoms with E-state index in [1.807, 2.05) is 0 Å². The minimum absolute atomic E-state index is 0.152. The second-order valence-corrected chi connectivity index (χ2v) is 5.47. The Morgan fingerprint density at radius 3 is 2.76 bits per heavy atom. The molecule has 1 fully saturated rings. The zero-order valence-electron chi connectivity index (χ0n) is 9.26. The van der Waals surface area contributed by atoms with Gasteiger partial charge in [0, 0.05) is 23.6 Å². The maximum Gasteiger partial charge on any atom is 0.231 e. The number of rotatable bonds is 2. The van der Waals surface area contributed by atoms with E-state index in [1.54, 1.807) is 6.07 Å². The Morgan fingerprint density at radius 2 is 2.18 bits per heavy atom. The summed E-state index contributed by atoms with van der Waals surface area (Å²) in [7, 11) is 0. The summed E-state index contributed by atoms with van der Waals surface area (Å²) in [4.78, 5) is 0. The van der Waals surface area contributed by atoms with Gasteiger partial charge in [0.1, 0.15) is 5.82 Å². The first-order valence-electron chi connectivity index (χ1n) is 5.66. The van der Waals surface area contributed by atoms with Crippen LogP contribution in [-0.2, 0) is 5.41 Å². The van der Waals surface area contributed by atoms with Gasteiger partial charge in [0.2, 0.25) is 6.79 Å². The fraction of sp³-hybridized carbons (Fsp3) is 0.500. The highest BCUT2D eigenvalue weighted by atomic mass is 79.9. The molecule has 0 aromatic heterocycles. The number of hydrogen-bond acceptors (Lipinski definition) is 3. The fourth-order valence-electron chi connectivity index (χ4n) is 2.62. The van der Waals surface area contributed by atoms with E-state index in [-0.39, 0.29) is 18.0 Å². The van der Waals surface area contributed by atoms with E-state index >= 15 is 0 Å². The number of hydrogen-bond donors (Lipinski definition) is 1. The lowest BCUT2D eigenvalue weighted by Crippen LogP contribution is -2.42. The minimum Gasteiger partial charge on any atom is -0.454 e. The van der Waals surface area contributed by atoms with Gasteiger partial charge in [-0.15, -0.1) is 0 Å². The Hall–Kier alpha value is -0.810. The van der Waals surface area contributed by atoms with Gasteiger partial charge in [-0.3, -0.25) is 0 Å². The third-order valence-electron chi connectivity index (χ3n) is 3.79. The van der Waals surface area contributed by atoms with Crippen LogP contribution in [0.1, 0.15) is 24.8 Å². The summed E-state index contributed by atoms with van der Waals surface area (Å²) in [6.07, 6.45) is 2.90. The van der Waals surface area contributed by atoms with Crippen molar-refractivity contribution in [2.75, 3.05) is 13.3 Å². The summed E-state index contributed by atoms with van der Waals surface area (Å²) in [6.45, 7) is 0.592. The SMILES string of the molecule is NCC1(c2c(F)c(Br)cc3c2OCO3)CCC1. The van der Waals surface area contributed by atoms with Gasteiger partial charge in [-0.2, -0.15) is 0 Å². The van der Waals surface area contributed by atoms with Crippen molar-refractivity contribution in [1.82, 2.24) is 0 Å². The highest BCUT2D eigenvalue weighted by Crippen LogP contribution is 2.52. The molecule has 0 amide bonds. The smallest absolute Gasteiger partial charge is 0.231 e. The second kappa shape index (κ2) is 3.85. The maximum absolute atomic E-state index is 14.3. The normalized spacial score (nSPS) is 20.2. The standard InChI is InChI=1S/C12H13BrFNO2/c13-7-4-8-11(17-6-16-8)9(10(7)14)12(5-15)2-1-3-12/h4H,1-3,5-6,15H2. The highest BCUT2D eigenvalue weighted by Gasteiger charge is 2.44. The number of benzene rings is 1. The Morgan fingerprint density at radius 1 is 1.41 bits per heavy atom. The molecule has 1 aliphatic heterocycles. The average molecular weight is 302 g/mol. The van der Waals surface area contributed by atoms with Gasteiger partial charge < -0.3 is 15.2 Å². The molecule has 0 unspecified atom stereocenters. The Kier molecular flexibility index (Phi) is 2.56. The predicted octanol–water partition coefficient (Wildman–Crippen LogP) is 2.70. The van der Waals surface area contributed by atoms with Crippen molar-refractivity contribution in [3.8, 4) is 11.5 Å². The van der Waals surface area contributed by atoms with Crippen molar-refractivity contribution in [2.45, 2.75) is 24.7 Å². The zero-order valence-corrected chi connectivity index (χ0v) is 10.8. The van der Waals surface area contributed by atoms with Crippen LogP contribution in [-0.4, -0.2) is 13.3 Å². The van der Waals surface area contributed by atoms with Crippen molar-refractivity contribution >= 4 is 15.9 Å². The van der Waals surface area contributed by atoms with E-state index in [0.29, 0.717) is 28.1 Å². The quantitative estimate of drug-likeness (QED) is 0.913. The van der Waals surface area contributed by atoms with Crippen molar-refractivity contribution in [3.63, 3.8) is 0 Å². The molecular formula is C12H13BrFNO2. The first-order valence-corrected chi connectivity index (χ1v) is 6.45. The van der Waals surface area contributed by atoms with E-state index in [9.17, 15) is 4.39 Å².